The Morgan fingerprint density at radius 3 is 2.75 bits per heavy atom. The molecule has 0 radical (unpaired) electrons. The zero-order valence-corrected chi connectivity index (χ0v) is 9.91. The number of carbonyl (C=O) groups is 1. The maximum absolute atomic E-state index is 11.6. The number of rotatable bonds is 3. The van der Waals surface area contributed by atoms with Gasteiger partial charge in [-0.3, -0.25) is 0 Å². The summed E-state index contributed by atoms with van der Waals surface area (Å²) >= 11 is 0. The summed E-state index contributed by atoms with van der Waals surface area (Å²) in [6, 6.07) is 0.556. The van der Waals surface area contributed by atoms with Crippen LogP contribution in [0.3, 0.4) is 0 Å². The Balaban J connectivity index is 1.57. The number of nitrogens with one attached hydrogen (secondary N) is 1. The lowest BCUT2D eigenvalue weighted by Gasteiger charge is -2.23. The normalized spacial score (nSPS) is 25.8. The highest BCUT2D eigenvalue weighted by Crippen LogP contribution is 2.12. The van der Waals surface area contributed by atoms with Gasteiger partial charge in [0, 0.05) is 19.1 Å². The smallest absolute Gasteiger partial charge is 0.409 e. The molecule has 16 heavy (non-hydrogen) atoms. The first-order chi connectivity index (χ1) is 7.86. The van der Waals surface area contributed by atoms with Gasteiger partial charge in [0.05, 0.1) is 6.61 Å². The maximum Gasteiger partial charge on any atom is 0.409 e. The van der Waals surface area contributed by atoms with Crippen LogP contribution in [0, 0.1) is 0 Å². The van der Waals surface area contributed by atoms with Crippen molar-refractivity contribution in [1.29, 1.82) is 0 Å². The zero-order chi connectivity index (χ0) is 11.2. The van der Waals surface area contributed by atoms with Gasteiger partial charge in [-0.25, -0.2) is 4.79 Å². The summed E-state index contributed by atoms with van der Waals surface area (Å²) in [7, 11) is 0. The second kappa shape index (κ2) is 6.09. The standard InChI is InChI=1S/C12H22N2O2/c15-12(14-8-3-4-9-14)16-10-6-11-5-1-2-7-13-11/h11,13H,1-10H2. The minimum Gasteiger partial charge on any atom is -0.449 e. The van der Waals surface area contributed by atoms with E-state index in [2.05, 4.69) is 5.32 Å². The van der Waals surface area contributed by atoms with Crippen LogP contribution in [0.25, 0.3) is 0 Å². The van der Waals surface area contributed by atoms with Gasteiger partial charge in [-0.2, -0.15) is 0 Å². The lowest BCUT2D eigenvalue weighted by atomic mass is 10.0. The number of hydrogen-bond donors (Lipinski definition) is 1. The van der Waals surface area contributed by atoms with E-state index in [1.54, 1.807) is 0 Å². The van der Waals surface area contributed by atoms with E-state index >= 15 is 0 Å². The van der Waals surface area contributed by atoms with Crippen molar-refractivity contribution in [2.24, 2.45) is 0 Å². The topological polar surface area (TPSA) is 41.6 Å². The van der Waals surface area contributed by atoms with E-state index in [0.29, 0.717) is 12.6 Å². The molecule has 1 N–H and O–H groups in total. The van der Waals surface area contributed by atoms with Crippen molar-refractivity contribution < 1.29 is 9.53 Å². The molecule has 0 aromatic heterocycles. The minimum absolute atomic E-state index is 0.117. The van der Waals surface area contributed by atoms with E-state index in [0.717, 1.165) is 38.9 Å². The SMILES string of the molecule is O=C(OCCC1CCCCN1)N1CCCC1. The summed E-state index contributed by atoms with van der Waals surface area (Å²) in [6.07, 6.45) is 6.90. The van der Waals surface area contributed by atoms with Crippen molar-refractivity contribution in [2.45, 2.75) is 44.6 Å². The monoisotopic (exact) mass is 226 g/mol. The van der Waals surface area contributed by atoms with Gasteiger partial charge < -0.3 is 15.0 Å². The molecule has 4 heteroatoms. The fourth-order valence-electron chi connectivity index (χ4n) is 2.45. The predicted molar refractivity (Wildman–Crippen MR) is 62.4 cm³/mol. The largest absolute Gasteiger partial charge is 0.449 e. The van der Waals surface area contributed by atoms with Gasteiger partial charge in [-0.1, -0.05) is 6.42 Å². The molecule has 1 amide bonds. The zero-order valence-electron chi connectivity index (χ0n) is 9.91. The number of carbonyl (C=O) groups excluding carboxylic acids is 1. The maximum atomic E-state index is 11.6. The van der Waals surface area contributed by atoms with Gasteiger partial charge >= 0.3 is 6.09 Å². The molecule has 2 aliphatic heterocycles. The predicted octanol–water partition coefficient (Wildman–Crippen LogP) is 1.75. The first-order valence-electron chi connectivity index (χ1n) is 6.51. The number of ether oxygens (including phenoxy) is 1. The lowest BCUT2D eigenvalue weighted by Crippen LogP contribution is -2.36. The quantitative estimate of drug-likeness (QED) is 0.797. The van der Waals surface area contributed by atoms with Gasteiger partial charge in [-0.15, -0.1) is 0 Å². The molecule has 2 aliphatic rings. The molecule has 0 saturated carbocycles. The van der Waals surface area contributed by atoms with Crippen LogP contribution in [0.4, 0.5) is 4.79 Å². The van der Waals surface area contributed by atoms with E-state index in [9.17, 15) is 4.79 Å². The van der Waals surface area contributed by atoms with Crippen LogP contribution in [0.2, 0.25) is 0 Å². The van der Waals surface area contributed by atoms with Crippen molar-refractivity contribution in [2.75, 3.05) is 26.2 Å². The second-order valence-electron chi connectivity index (χ2n) is 4.74. The van der Waals surface area contributed by atoms with E-state index in [4.69, 9.17) is 4.74 Å². The molecular formula is C12H22N2O2. The van der Waals surface area contributed by atoms with Gasteiger partial charge in [0.1, 0.15) is 0 Å². The Morgan fingerprint density at radius 2 is 2.06 bits per heavy atom. The number of nitrogens with zero attached hydrogens (tertiary/aromatic N) is 1. The van der Waals surface area contributed by atoms with E-state index in [-0.39, 0.29) is 6.09 Å². The van der Waals surface area contributed by atoms with Crippen molar-refractivity contribution in [1.82, 2.24) is 10.2 Å². The summed E-state index contributed by atoms with van der Waals surface area (Å²) in [5, 5.41) is 3.46. The summed E-state index contributed by atoms with van der Waals surface area (Å²) in [4.78, 5) is 13.4. The highest BCUT2D eigenvalue weighted by molar-refractivity contribution is 5.67. The van der Waals surface area contributed by atoms with Gasteiger partial charge in [0.15, 0.2) is 0 Å². The molecule has 1 atom stereocenters. The molecule has 92 valence electrons. The molecule has 0 aromatic carbocycles. The molecule has 0 aliphatic carbocycles. The van der Waals surface area contributed by atoms with Gasteiger partial charge in [0.2, 0.25) is 0 Å². The third kappa shape index (κ3) is 3.37. The third-order valence-electron chi connectivity index (χ3n) is 3.47. The van der Waals surface area contributed by atoms with E-state index < -0.39 is 0 Å². The molecule has 2 rings (SSSR count). The highest BCUT2D eigenvalue weighted by atomic mass is 16.6. The first kappa shape index (κ1) is 11.7. The average Bonchev–Trinajstić information content (AvgIpc) is 2.84. The Morgan fingerprint density at radius 1 is 1.25 bits per heavy atom. The number of hydrogen-bond acceptors (Lipinski definition) is 3. The fraction of sp³-hybridized carbons (Fsp3) is 0.917. The Hall–Kier alpha value is -0.770. The summed E-state index contributed by atoms with van der Waals surface area (Å²) < 4.78 is 5.28. The molecular weight excluding hydrogens is 204 g/mol. The van der Waals surface area contributed by atoms with Crippen molar-refractivity contribution >= 4 is 6.09 Å². The number of likely N-dealkylation sites (tertiary alicyclic amines) is 1. The Kier molecular flexibility index (Phi) is 4.45. The van der Waals surface area contributed by atoms with Crippen LogP contribution >= 0.6 is 0 Å². The first-order valence-corrected chi connectivity index (χ1v) is 6.51. The molecule has 2 heterocycles. The molecule has 0 aromatic rings. The lowest BCUT2D eigenvalue weighted by molar-refractivity contribution is 0.105. The van der Waals surface area contributed by atoms with E-state index in [1.165, 1.54) is 19.3 Å². The molecule has 0 bridgehead atoms. The van der Waals surface area contributed by atoms with Gasteiger partial charge in [0.25, 0.3) is 0 Å². The Bertz CT molecular complexity index is 221. The fourth-order valence-corrected chi connectivity index (χ4v) is 2.45. The molecule has 2 fully saturated rings. The van der Waals surface area contributed by atoms with E-state index in [1.807, 2.05) is 4.90 Å². The highest BCUT2D eigenvalue weighted by Gasteiger charge is 2.19. The van der Waals surface area contributed by atoms with Crippen LogP contribution in [-0.4, -0.2) is 43.3 Å². The van der Waals surface area contributed by atoms with Crippen LogP contribution in [0.5, 0.6) is 0 Å². The molecule has 0 spiro atoms. The number of amides is 1. The van der Waals surface area contributed by atoms with Crippen molar-refractivity contribution in [3.63, 3.8) is 0 Å². The third-order valence-corrected chi connectivity index (χ3v) is 3.47. The van der Waals surface area contributed by atoms with Crippen molar-refractivity contribution in [3.8, 4) is 0 Å². The summed E-state index contributed by atoms with van der Waals surface area (Å²) in [6.45, 7) is 3.43. The average molecular weight is 226 g/mol. The summed E-state index contributed by atoms with van der Waals surface area (Å²) in [5.74, 6) is 0. The van der Waals surface area contributed by atoms with Crippen LogP contribution < -0.4 is 5.32 Å². The van der Waals surface area contributed by atoms with Crippen molar-refractivity contribution in [3.05, 3.63) is 0 Å². The van der Waals surface area contributed by atoms with Crippen LogP contribution in [-0.2, 0) is 4.74 Å². The molecule has 2 saturated heterocycles. The van der Waals surface area contributed by atoms with Crippen LogP contribution in [0.1, 0.15) is 38.5 Å². The van der Waals surface area contributed by atoms with Crippen LogP contribution in [0.15, 0.2) is 0 Å². The van der Waals surface area contributed by atoms with Gasteiger partial charge in [-0.05, 0) is 38.6 Å². The minimum atomic E-state index is -0.117. The summed E-state index contributed by atoms with van der Waals surface area (Å²) in [5.41, 5.74) is 0. The number of piperidine rings is 1. The second-order valence-corrected chi connectivity index (χ2v) is 4.74. The molecule has 4 nitrogen and oxygen atoms in total. The Labute approximate surface area is 97.3 Å². The molecule has 1 unspecified atom stereocenters.